The van der Waals surface area contributed by atoms with Crippen molar-refractivity contribution in [3.8, 4) is 0 Å². The number of aromatic nitrogens is 1. The summed E-state index contributed by atoms with van der Waals surface area (Å²) in [6.45, 7) is 0.701. The number of carboxylic acids is 1. The summed E-state index contributed by atoms with van der Waals surface area (Å²) >= 11 is 5.89. The van der Waals surface area contributed by atoms with Gasteiger partial charge in [0.1, 0.15) is 0 Å². The molecule has 0 aliphatic carbocycles. The minimum absolute atomic E-state index is 0.0698. The van der Waals surface area contributed by atoms with Crippen molar-refractivity contribution in [3.05, 3.63) is 53.3 Å². The molecule has 2 heterocycles. The van der Waals surface area contributed by atoms with Crippen LogP contribution in [0.1, 0.15) is 18.2 Å². The minimum Gasteiger partial charge on any atom is -0.481 e. The Morgan fingerprint density at radius 3 is 2.74 bits per heavy atom. The Labute approximate surface area is 139 Å². The standard InChI is InChI=1S/C15H15ClN2O4S/c16-11-3-1-4-12(9-11)23(21,22)18-8-7-17-6-2-5-13(17)14(18)10-15(19)20/h1-6,9,14H,7-8,10H2,(H,19,20). The first-order chi connectivity index (χ1) is 10.9. The van der Waals surface area contributed by atoms with Gasteiger partial charge in [-0.1, -0.05) is 17.7 Å². The van der Waals surface area contributed by atoms with Crippen molar-refractivity contribution in [2.75, 3.05) is 6.54 Å². The SMILES string of the molecule is O=C(O)CC1c2cccn2CCN1S(=O)(=O)c1cccc(Cl)c1. The average molecular weight is 355 g/mol. The fraction of sp³-hybridized carbons (Fsp3) is 0.267. The lowest BCUT2D eigenvalue weighted by Crippen LogP contribution is -2.42. The van der Waals surface area contributed by atoms with Crippen molar-refractivity contribution in [1.82, 2.24) is 8.87 Å². The van der Waals surface area contributed by atoms with E-state index in [-0.39, 0.29) is 17.9 Å². The molecule has 0 saturated heterocycles. The second-order valence-electron chi connectivity index (χ2n) is 5.31. The summed E-state index contributed by atoms with van der Waals surface area (Å²) in [6.07, 6.45) is 1.54. The molecule has 1 aromatic heterocycles. The number of nitrogens with zero attached hydrogens (tertiary/aromatic N) is 2. The Bertz CT molecular complexity index is 847. The Morgan fingerprint density at radius 2 is 2.04 bits per heavy atom. The van der Waals surface area contributed by atoms with Gasteiger partial charge >= 0.3 is 5.97 Å². The molecular formula is C15H15ClN2O4S. The van der Waals surface area contributed by atoms with Crippen LogP contribution in [0.3, 0.4) is 0 Å². The molecule has 0 amide bonds. The zero-order chi connectivity index (χ0) is 16.6. The molecule has 0 fully saturated rings. The molecule has 8 heteroatoms. The van der Waals surface area contributed by atoms with Crippen molar-refractivity contribution < 1.29 is 18.3 Å². The number of hydrogen-bond donors (Lipinski definition) is 1. The molecule has 0 bridgehead atoms. The highest BCUT2D eigenvalue weighted by Gasteiger charge is 2.37. The third kappa shape index (κ3) is 2.99. The first-order valence-electron chi connectivity index (χ1n) is 7.04. The number of fused-ring (bicyclic) bond motifs is 1. The lowest BCUT2D eigenvalue weighted by molar-refractivity contribution is -0.138. The summed E-state index contributed by atoms with van der Waals surface area (Å²) in [6, 6.07) is 8.81. The molecule has 1 aliphatic rings. The van der Waals surface area contributed by atoms with Crippen LogP contribution in [0.2, 0.25) is 5.02 Å². The molecule has 2 aromatic rings. The lowest BCUT2D eigenvalue weighted by Gasteiger charge is -2.35. The number of benzene rings is 1. The predicted molar refractivity (Wildman–Crippen MR) is 84.8 cm³/mol. The van der Waals surface area contributed by atoms with E-state index in [2.05, 4.69) is 0 Å². The van der Waals surface area contributed by atoms with Crippen molar-refractivity contribution in [2.45, 2.75) is 23.9 Å². The van der Waals surface area contributed by atoms with Crippen molar-refractivity contribution in [1.29, 1.82) is 0 Å². The van der Waals surface area contributed by atoms with Gasteiger partial charge in [0.05, 0.1) is 17.4 Å². The van der Waals surface area contributed by atoms with Crippen LogP contribution in [0.15, 0.2) is 47.5 Å². The molecule has 1 aromatic carbocycles. The van der Waals surface area contributed by atoms with Crippen molar-refractivity contribution in [3.63, 3.8) is 0 Å². The molecule has 23 heavy (non-hydrogen) atoms. The molecule has 1 aliphatic heterocycles. The van der Waals surface area contributed by atoms with E-state index in [1.165, 1.54) is 16.4 Å². The molecule has 3 rings (SSSR count). The molecule has 0 saturated carbocycles. The molecular weight excluding hydrogens is 340 g/mol. The Balaban J connectivity index is 2.05. The third-order valence-electron chi connectivity index (χ3n) is 3.89. The maximum atomic E-state index is 12.9. The summed E-state index contributed by atoms with van der Waals surface area (Å²) in [5.41, 5.74) is 0.684. The van der Waals surface area contributed by atoms with Crippen molar-refractivity contribution >= 4 is 27.6 Å². The fourth-order valence-corrected chi connectivity index (χ4v) is 4.76. The number of carboxylic acid groups (broad SMARTS) is 1. The zero-order valence-electron chi connectivity index (χ0n) is 12.1. The first-order valence-corrected chi connectivity index (χ1v) is 8.85. The number of sulfonamides is 1. The fourth-order valence-electron chi connectivity index (χ4n) is 2.87. The maximum absolute atomic E-state index is 12.9. The van der Waals surface area contributed by atoms with Crippen LogP contribution in [-0.2, 0) is 21.4 Å². The predicted octanol–water partition coefficient (Wildman–Crippen LogP) is 2.36. The highest BCUT2D eigenvalue weighted by molar-refractivity contribution is 7.89. The Kier molecular flexibility index (Phi) is 4.18. The van der Waals surface area contributed by atoms with Crippen LogP contribution in [0.5, 0.6) is 0 Å². The summed E-state index contributed by atoms with van der Waals surface area (Å²) < 4.78 is 29.0. The molecule has 0 radical (unpaired) electrons. The van der Waals surface area contributed by atoms with Crippen molar-refractivity contribution in [2.24, 2.45) is 0 Å². The largest absolute Gasteiger partial charge is 0.481 e. The van der Waals surface area contributed by atoms with Gasteiger partial charge in [-0.15, -0.1) is 0 Å². The number of hydrogen-bond acceptors (Lipinski definition) is 3. The molecule has 0 spiro atoms. The van der Waals surface area contributed by atoms with Gasteiger partial charge < -0.3 is 9.67 Å². The lowest BCUT2D eigenvalue weighted by atomic mass is 10.1. The number of carbonyl (C=O) groups is 1. The number of rotatable bonds is 4. The van der Waals surface area contributed by atoms with E-state index >= 15 is 0 Å². The smallest absolute Gasteiger partial charge is 0.305 e. The van der Waals surface area contributed by atoms with Crippen LogP contribution in [0.4, 0.5) is 0 Å². The first kappa shape index (κ1) is 16.0. The van der Waals surface area contributed by atoms with Gasteiger partial charge in [-0.2, -0.15) is 4.31 Å². The van der Waals surface area contributed by atoms with Crippen LogP contribution in [0, 0.1) is 0 Å². The molecule has 1 atom stereocenters. The van der Waals surface area contributed by atoms with E-state index in [4.69, 9.17) is 11.6 Å². The molecule has 122 valence electrons. The van der Waals surface area contributed by atoms with Gasteiger partial charge in [0.2, 0.25) is 10.0 Å². The zero-order valence-corrected chi connectivity index (χ0v) is 13.7. The molecule has 1 unspecified atom stereocenters. The van der Waals surface area contributed by atoms with Gasteiger partial charge in [0, 0.05) is 30.0 Å². The van der Waals surface area contributed by atoms with E-state index < -0.39 is 22.0 Å². The summed E-state index contributed by atoms with van der Waals surface area (Å²) in [5, 5.41) is 9.50. The van der Waals surface area contributed by atoms with E-state index in [1.54, 1.807) is 24.3 Å². The Morgan fingerprint density at radius 1 is 1.26 bits per heavy atom. The van der Waals surface area contributed by atoms with Gasteiger partial charge in [0.25, 0.3) is 0 Å². The quantitative estimate of drug-likeness (QED) is 0.914. The van der Waals surface area contributed by atoms with Crippen LogP contribution >= 0.6 is 11.6 Å². The maximum Gasteiger partial charge on any atom is 0.305 e. The van der Waals surface area contributed by atoms with E-state index in [1.807, 2.05) is 10.8 Å². The summed E-state index contributed by atoms with van der Waals surface area (Å²) in [7, 11) is -3.83. The van der Waals surface area contributed by atoms with Gasteiger partial charge in [-0.3, -0.25) is 4.79 Å². The highest BCUT2D eigenvalue weighted by Crippen LogP contribution is 2.34. The van der Waals surface area contributed by atoms with Crippen LogP contribution in [0.25, 0.3) is 0 Å². The monoisotopic (exact) mass is 354 g/mol. The summed E-state index contributed by atoms with van der Waals surface area (Å²) in [5.74, 6) is -1.05. The summed E-state index contributed by atoms with van der Waals surface area (Å²) in [4.78, 5) is 11.3. The number of halogens is 1. The average Bonchev–Trinajstić information content (AvgIpc) is 2.95. The second kappa shape index (κ2) is 5.99. The van der Waals surface area contributed by atoms with E-state index in [0.29, 0.717) is 17.3 Å². The van der Waals surface area contributed by atoms with E-state index in [0.717, 1.165) is 0 Å². The second-order valence-corrected chi connectivity index (χ2v) is 7.64. The number of aliphatic carboxylic acids is 1. The Hall–Kier alpha value is -1.83. The van der Waals surface area contributed by atoms with E-state index in [9.17, 15) is 18.3 Å². The molecule has 6 nitrogen and oxygen atoms in total. The van der Waals surface area contributed by atoms with Gasteiger partial charge in [0.15, 0.2) is 0 Å². The third-order valence-corrected chi connectivity index (χ3v) is 6.02. The van der Waals surface area contributed by atoms with Crippen LogP contribution < -0.4 is 0 Å². The minimum atomic E-state index is -3.83. The van der Waals surface area contributed by atoms with Crippen LogP contribution in [-0.4, -0.2) is 34.9 Å². The highest BCUT2D eigenvalue weighted by atomic mass is 35.5. The molecule has 1 N–H and O–H groups in total. The van der Waals surface area contributed by atoms with Gasteiger partial charge in [-0.25, -0.2) is 8.42 Å². The topological polar surface area (TPSA) is 79.6 Å². The normalized spacial score (nSPS) is 18.6. The van der Waals surface area contributed by atoms with Gasteiger partial charge in [-0.05, 0) is 30.3 Å².